The number of methoxy groups -OCH3 is 1. The molecule has 1 fully saturated rings. The molecule has 1 aliphatic rings. The first kappa shape index (κ1) is 19.2. The molecule has 1 aromatic heterocycles. The Balaban J connectivity index is 1.90. The number of nitrogens with one attached hydrogen (secondary N) is 1. The average molecular weight is 392 g/mol. The van der Waals surface area contributed by atoms with E-state index in [0.717, 1.165) is 0 Å². The molecule has 0 radical (unpaired) electrons. The van der Waals surface area contributed by atoms with Gasteiger partial charge in [-0.15, -0.1) is 0 Å². The molecule has 1 saturated carbocycles. The standard InChI is InChI=1S/C18H20N2O6S/c1-26-18(23)16-14-3-2-4-15(13(14)9-10-19-16)27(24,25)20-12-7-5-11(6-8-12)17(21)22/h2-4,9-12,20H,5-8H2,1H3,(H,21,22). The van der Waals surface area contributed by atoms with Crippen LogP contribution in [0.3, 0.4) is 0 Å². The largest absolute Gasteiger partial charge is 0.481 e. The molecule has 2 N–H and O–H groups in total. The number of benzene rings is 1. The second-order valence-corrected chi connectivity index (χ2v) is 8.19. The van der Waals surface area contributed by atoms with Crippen LogP contribution in [0.2, 0.25) is 0 Å². The fraction of sp³-hybridized carbons (Fsp3) is 0.389. The van der Waals surface area contributed by atoms with E-state index in [1.54, 1.807) is 12.1 Å². The van der Waals surface area contributed by atoms with Crippen molar-refractivity contribution in [3.05, 3.63) is 36.2 Å². The number of hydrogen-bond acceptors (Lipinski definition) is 6. The molecule has 27 heavy (non-hydrogen) atoms. The highest BCUT2D eigenvalue weighted by atomic mass is 32.2. The first-order valence-corrected chi connectivity index (χ1v) is 10.0. The minimum atomic E-state index is -3.85. The van der Waals surface area contributed by atoms with Gasteiger partial charge in [-0.25, -0.2) is 22.9 Å². The molecule has 0 atom stereocenters. The maximum atomic E-state index is 12.9. The first-order chi connectivity index (χ1) is 12.8. The minimum Gasteiger partial charge on any atom is -0.481 e. The fourth-order valence-electron chi connectivity index (χ4n) is 3.41. The van der Waals surface area contributed by atoms with E-state index < -0.39 is 27.9 Å². The first-order valence-electron chi connectivity index (χ1n) is 8.54. The van der Waals surface area contributed by atoms with Crippen LogP contribution in [0, 0.1) is 5.92 Å². The third-order valence-electron chi connectivity index (χ3n) is 4.83. The Morgan fingerprint density at radius 1 is 1.15 bits per heavy atom. The predicted molar refractivity (Wildman–Crippen MR) is 96.8 cm³/mol. The second-order valence-electron chi connectivity index (χ2n) is 6.51. The van der Waals surface area contributed by atoms with Gasteiger partial charge in [0.1, 0.15) is 0 Å². The highest BCUT2D eigenvalue weighted by Gasteiger charge is 2.29. The molecule has 0 aliphatic heterocycles. The lowest BCUT2D eigenvalue weighted by Gasteiger charge is -2.26. The van der Waals surface area contributed by atoms with Gasteiger partial charge < -0.3 is 9.84 Å². The molecule has 0 unspecified atom stereocenters. The van der Waals surface area contributed by atoms with Crippen molar-refractivity contribution < 1.29 is 27.9 Å². The maximum Gasteiger partial charge on any atom is 0.357 e. The number of carbonyl (C=O) groups excluding carboxylic acids is 1. The number of sulfonamides is 1. The van der Waals surface area contributed by atoms with Crippen LogP contribution < -0.4 is 4.72 Å². The molecule has 3 rings (SSSR count). The number of fused-ring (bicyclic) bond motifs is 1. The van der Waals surface area contributed by atoms with Crippen LogP contribution >= 0.6 is 0 Å². The number of nitrogens with zero attached hydrogens (tertiary/aromatic N) is 1. The number of hydrogen-bond donors (Lipinski definition) is 2. The number of carbonyl (C=O) groups is 2. The number of pyridine rings is 1. The zero-order valence-corrected chi connectivity index (χ0v) is 15.5. The number of carboxylic acids is 1. The fourth-order valence-corrected chi connectivity index (χ4v) is 4.94. The summed E-state index contributed by atoms with van der Waals surface area (Å²) in [4.78, 5) is 27.0. The van der Waals surface area contributed by atoms with Crippen molar-refractivity contribution in [3.8, 4) is 0 Å². The van der Waals surface area contributed by atoms with Gasteiger partial charge in [0.2, 0.25) is 10.0 Å². The summed E-state index contributed by atoms with van der Waals surface area (Å²) in [5.74, 6) is -1.90. The molecule has 144 valence electrons. The summed E-state index contributed by atoms with van der Waals surface area (Å²) >= 11 is 0. The van der Waals surface area contributed by atoms with Crippen molar-refractivity contribution in [2.24, 2.45) is 5.92 Å². The van der Waals surface area contributed by atoms with Crippen LogP contribution in [0.1, 0.15) is 36.2 Å². The number of aliphatic carboxylic acids is 1. The summed E-state index contributed by atoms with van der Waals surface area (Å²) in [7, 11) is -2.62. The van der Waals surface area contributed by atoms with Gasteiger partial charge in [-0.05, 0) is 37.8 Å². The van der Waals surface area contributed by atoms with E-state index in [1.165, 1.54) is 25.4 Å². The highest BCUT2D eigenvalue weighted by Crippen LogP contribution is 2.28. The summed E-state index contributed by atoms with van der Waals surface area (Å²) in [5.41, 5.74) is 0.0500. The summed E-state index contributed by atoms with van der Waals surface area (Å²) in [6, 6.07) is 5.85. The molecular formula is C18H20N2O6S. The maximum absolute atomic E-state index is 12.9. The van der Waals surface area contributed by atoms with Crippen molar-refractivity contribution in [1.82, 2.24) is 9.71 Å². The Bertz CT molecular complexity index is 981. The van der Waals surface area contributed by atoms with Crippen molar-refractivity contribution in [2.75, 3.05) is 7.11 Å². The molecular weight excluding hydrogens is 372 g/mol. The predicted octanol–water partition coefficient (Wildman–Crippen LogP) is 1.94. The third-order valence-corrected chi connectivity index (χ3v) is 6.41. The molecule has 0 spiro atoms. The lowest BCUT2D eigenvalue weighted by Crippen LogP contribution is -2.38. The topological polar surface area (TPSA) is 123 Å². The molecule has 0 amide bonds. The molecule has 2 aromatic rings. The van der Waals surface area contributed by atoms with Crippen LogP contribution in [0.25, 0.3) is 10.8 Å². The van der Waals surface area contributed by atoms with Gasteiger partial charge in [0.05, 0.1) is 17.9 Å². The number of esters is 1. The summed E-state index contributed by atoms with van der Waals surface area (Å²) in [5, 5.41) is 9.83. The Morgan fingerprint density at radius 3 is 2.48 bits per heavy atom. The van der Waals surface area contributed by atoms with Crippen LogP contribution in [0.5, 0.6) is 0 Å². The van der Waals surface area contributed by atoms with Gasteiger partial charge >= 0.3 is 11.9 Å². The average Bonchev–Trinajstić information content (AvgIpc) is 2.66. The zero-order chi connectivity index (χ0) is 19.6. The van der Waals surface area contributed by atoms with E-state index in [1.807, 2.05) is 0 Å². The lowest BCUT2D eigenvalue weighted by molar-refractivity contribution is -0.142. The summed E-state index contributed by atoms with van der Waals surface area (Å²) in [6.07, 6.45) is 3.18. The van der Waals surface area contributed by atoms with Gasteiger partial charge in [-0.2, -0.15) is 0 Å². The van der Waals surface area contributed by atoms with Gasteiger partial charge in [0.15, 0.2) is 5.69 Å². The monoisotopic (exact) mass is 392 g/mol. The van der Waals surface area contributed by atoms with Gasteiger partial charge in [0.25, 0.3) is 0 Å². The normalized spacial score (nSPS) is 20.3. The smallest absolute Gasteiger partial charge is 0.357 e. The van der Waals surface area contributed by atoms with E-state index in [2.05, 4.69) is 9.71 Å². The Hall–Kier alpha value is -2.52. The van der Waals surface area contributed by atoms with E-state index in [9.17, 15) is 18.0 Å². The molecule has 1 aromatic carbocycles. The number of carboxylic acid groups (broad SMARTS) is 1. The molecule has 0 bridgehead atoms. The van der Waals surface area contributed by atoms with E-state index in [-0.39, 0.29) is 16.6 Å². The van der Waals surface area contributed by atoms with Crippen molar-refractivity contribution in [3.63, 3.8) is 0 Å². The number of rotatable bonds is 5. The SMILES string of the molecule is COC(=O)c1nccc2c(S(=O)(=O)NC3CCC(C(=O)O)CC3)cccc12. The molecule has 9 heteroatoms. The second kappa shape index (κ2) is 7.61. The Morgan fingerprint density at radius 2 is 1.85 bits per heavy atom. The lowest BCUT2D eigenvalue weighted by atomic mass is 9.87. The molecule has 1 aliphatic carbocycles. The van der Waals surface area contributed by atoms with E-state index in [0.29, 0.717) is 36.5 Å². The third kappa shape index (κ3) is 3.93. The number of aromatic nitrogens is 1. The molecule has 8 nitrogen and oxygen atoms in total. The molecule has 0 saturated heterocycles. The van der Waals surface area contributed by atoms with Gasteiger partial charge in [-0.3, -0.25) is 4.79 Å². The van der Waals surface area contributed by atoms with Crippen molar-refractivity contribution >= 4 is 32.7 Å². The van der Waals surface area contributed by atoms with Gasteiger partial charge in [-0.1, -0.05) is 12.1 Å². The Labute approximate surface area is 156 Å². The van der Waals surface area contributed by atoms with Crippen molar-refractivity contribution in [1.29, 1.82) is 0 Å². The number of ether oxygens (including phenoxy) is 1. The zero-order valence-electron chi connectivity index (χ0n) is 14.7. The molecule has 1 heterocycles. The van der Waals surface area contributed by atoms with Crippen LogP contribution in [-0.4, -0.2) is 43.6 Å². The minimum absolute atomic E-state index is 0.0490. The quantitative estimate of drug-likeness (QED) is 0.746. The Kier molecular flexibility index (Phi) is 5.43. The van der Waals surface area contributed by atoms with E-state index >= 15 is 0 Å². The van der Waals surface area contributed by atoms with Gasteiger partial charge in [0, 0.05) is 23.0 Å². The van der Waals surface area contributed by atoms with Crippen LogP contribution in [-0.2, 0) is 19.6 Å². The summed E-state index contributed by atoms with van der Waals surface area (Å²) in [6.45, 7) is 0. The summed E-state index contributed by atoms with van der Waals surface area (Å²) < 4.78 is 33.2. The highest BCUT2D eigenvalue weighted by molar-refractivity contribution is 7.89. The van der Waals surface area contributed by atoms with Crippen LogP contribution in [0.4, 0.5) is 0 Å². The van der Waals surface area contributed by atoms with Crippen molar-refractivity contribution in [2.45, 2.75) is 36.6 Å². The van der Waals surface area contributed by atoms with E-state index in [4.69, 9.17) is 9.84 Å². The van der Waals surface area contributed by atoms with Crippen LogP contribution in [0.15, 0.2) is 35.4 Å².